The molecular formula is C19H25N3O2S. The zero-order valence-corrected chi connectivity index (χ0v) is 15.6. The van der Waals surface area contributed by atoms with E-state index in [2.05, 4.69) is 21.4 Å². The molecule has 0 unspecified atom stereocenters. The van der Waals surface area contributed by atoms with Crippen molar-refractivity contribution < 1.29 is 9.53 Å². The standard InChI is InChI=1S/C19H25N3O2S/c1-13(18(23)20-11-10-14-6-4-3-5-7-14)25-19-21-16-9-8-15(24-2)12-17(16)22-19/h6,8-9,12-13H,3-5,7,10-11H2,1-2H3,(H,20,23)(H,21,22)/t13-/m1/s1. The number of rotatable bonds is 7. The maximum Gasteiger partial charge on any atom is 0.233 e. The van der Waals surface area contributed by atoms with Crippen LogP contribution in [0, 0.1) is 0 Å². The second-order valence-corrected chi connectivity index (χ2v) is 7.66. The van der Waals surface area contributed by atoms with E-state index >= 15 is 0 Å². The minimum atomic E-state index is -0.192. The summed E-state index contributed by atoms with van der Waals surface area (Å²) in [5.41, 5.74) is 3.27. The number of hydrogen-bond acceptors (Lipinski definition) is 4. The van der Waals surface area contributed by atoms with Crippen LogP contribution < -0.4 is 10.1 Å². The van der Waals surface area contributed by atoms with Crippen LogP contribution in [0.4, 0.5) is 0 Å². The number of methoxy groups -OCH3 is 1. The fraction of sp³-hybridized carbons (Fsp3) is 0.474. The Bertz CT molecular complexity index is 769. The summed E-state index contributed by atoms with van der Waals surface area (Å²) >= 11 is 1.44. The molecular weight excluding hydrogens is 334 g/mol. The van der Waals surface area contributed by atoms with Crippen molar-refractivity contribution in [3.05, 3.63) is 29.8 Å². The van der Waals surface area contributed by atoms with E-state index in [0.29, 0.717) is 6.54 Å². The van der Waals surface area contributed by atoms with Crippen molar-refractivity contribution >= 4 is 28.7 Å². The highest BCUT2D eigenvalue weighted by molar-refractivity contribution is 8.00. The topological polar surface area (TPSA) is 67.0 Å². The Morgan fingerprint density at radius 3 is 3.08 bits per heavy atom. The predicted molar refractivity (Wildman–Crippen MR) is 102 cm³/mol. The molecule has 0 radical (unpaired) electrons. The van der Waals surface area contributed by atoms with Crippen LogP contribution in [-0.4, -0.2) is 34.8 Å². The first kappa shape index (κ1) is 17.9. The molecule has 2 aromatic rings. The van der Waals surface area contributed by atoms with E-state index in [-0.39, 0.29) is 11.2 Å². The molecule has 0 saturated carbocycles. The van der Waals surface area contributed by atoms with E-state index in [1.165, 1.54) is 43.0 Å². The van der Waals surface area contributed by atoms with Gasteiger partial charge in [0.2, 0.25) is 5.91 Å². The highest BCUT2D eigenvalue weighted by atomic mass is 32.2. The average Bonchev–Trinajstić information content (AvgIpc) is 3.03. The lowest BCUT2D eigenvalue weighted by molar-refractivity contribution is -0.120. The first-order valence-electron chi connectivity index (χ1n) is 8.82. The Morgan fingerprint density at radius 2 is 2.32 bits per heavy atom. The monoisotopic (exact) mass is 359 g/mol. The first-order chi connectivity index (χ1) is 12.2. The zero-order chi connectivity index (χ0) is 17.6. The second kappa shape index (κ2) is 8.43. The van der Waals surface area contributed by atoms with Gasteiger partial charge in [0.25, 0.3) is 0 Å². The molecule has 0 spiro atoms. The van der Waals surface area contributed by atoms with Gasteiger partial charge in [-0.1, -0.05) is 23.4 Å². The summed E-state index contributed by atoms with van der Waals surface area (Å²) in [5.74, 6) is 0.843. The van der Waals surface area contributed by atoms with Crippen molar-refractivity contribution in [3.8, 4) is 5.75 Å². The van der Waals surface area contributed by atoms with E-state index in [1.54, 1.807) is 7.11 Å². The molecule has 1 atom stereocenters. The third kappa shape index (κ3) is 4.78. The van der Waals surface area contributed by atoms with Crippen molar-refractivity contribution in [2.24, 2.45) is 0 Å². The maximum absolute atomic E-state index is 12.3. The molecule has 0 saturated heterocycles. The quantitative estimate of drug-likeness (QED) is 0.578. The Balaban J connectivity index is 1.51. The summed E-state index contributed by atoms with van der Waals surface area (Å²) in [6.07, 6.45) is 8.24. The van der Waals surface area contributed by atoms with Gasteiger partial charge < -0.3 is 15.0 Å². The SMILES string of the molecule is COc1ccc2nc(S[C@H](C)C(=O)NCCC3=CCCCC3)[nH]c2c1. The average molecular weight is 359 g/mol. The highest BCUT2D eigenvalue weighted by Crippen LogP contribution is 2.26. The number of aromatic amines is 1. The normalized spacial score (nSPS) is 15.7. The van der Waals surface area contributed by atoms with Crippen molar-refractivity contribution in [1.29, 1.82) is 0 Å². The Hall–Kier alpha value is -1.95. The van der Waals surface area contributed by atoms with Crippen LogP contribution in [-0.2, 0) is 4.79 Å². The van der Waals surface area contributed by atoms with E-state index in [0.717, 1.165) is 28.4 Å². The minimum absolute atomic E-state index is 0.0550. The summed E-state index contributed by atoms with van der Waals surface area (Å²) < 4.78 is 5.22. The number of allylic oxidation sites excluding steroid dienone is 1. The Kier molecular flexibility index (Phi) is 6.02. The molecule has 6 heteroatoms. The largest absolute Gasteiger partial charge is 0.497 e. The number of hydrogen-bond donors (Lipinski definition) is 2. The molecule has 134 valence electrons. The number of nitrogens with one attached hydrogen (secondary N) is 2. The molecule has 1 amide bonds. The minimum Gasteiger partial charge on any atom is -0.497 e. The van der Waals surface area contributed by atoms with Gasteiger partial charge in [-0.05, 0) is 51.2 Å². The van der Waals surface area contributed by atoms with Gasteiger partial charge in [-0.3, -0.25) is 4.79 Å². The molecule has 1 aliphatic carbocycles. The number of aromatic nitrogens is 2. The van der Waals surface area contributed by atoms with Crippen LogP contribution in [0.5, 0.6) is 5.75 Å². The van der Waals surface area contributed by atoms with Gasteiger partial charge in [0, 0.05) is 12.6 Å². The van der Waals surface area contributed by atoms with Gasteiger partial charge >= 0.3 is 0 Å². The number of H-pyrrole nitrogens is 1. The number of amides is 1. The van der Waals surface area contributed by atoms with Crippen molar-refractivity contribution in [2.75, 3.05) is 13.7 Å². The second-order valence-electron chi connectivity index (χ2n) is 6.33. The number of benzene rings is 1. The fourth-order valence-electron chi connectivity index (χ4n) is 2.99. The fourth-order valence-corrected chi connectivity index (χ4v) is 3.84. The summed E-state index contributed by atoms with van der Waals surface area (Å²) in [7, 11) is 1.64. The predicted octanol–water partition coefficient (Wildman–Crippen LogP) is 4.06. The van der Waals surface area contributed by atoms with Crippen molar-refractivity contribution in [2.45, 2.75) is 49.4 Å². The number of fused-ring (bicyclic) bond motifs is 1. The number of ether oxygens (including phenoxy) is 1. The molecule has 1 heterocycles. The van der Waals surface area contributed by atoms with E-state index < -0.39 is 0 Å². The van der Waals surface area contributed by atoms with Crippen LogP contribution in [0.25, 0.3) is 11.0 Å². The van der Waals surface area contributed by atoms with Gasteiger partial charge in [0.05, 0.1) is 23.4 Å². The van der Waals surface area contributed by atoms with E-state index in [9.17, 15) is 4.79 Å². The molecule has 5 nitrogen and oxygen atoms in total. The summed E-state index contributed by atoms with van der Waals surface area (Å²) in [6, 6.07) is 5.71. The lowest BCUT2D eigenvalue weighted by Crippen LogP contribution is -2.31. The van der Waals surface area contributed by atoms with E-state index in [4.69, 9.17) is 4.74 Å². The summed E-state index contributed by atoms with van der Waals surface area (Å²) in [6.45, 7) is 2.63. The van der Waals surface area contributed by atoms with Crippen LogP contribution in [0.3, 0.4) is 0 Å². The molecule has 1 aromatic carbocycles. The third-order valence-corrected chi connectivity index (χ3v) is 5.44. The molecule has 3 rings (SSSR count). The summed E-state index contributed by atoms with van der Waals surface area (Å²) in [5, 5.41) is 3.60. The molecule has 2 N–H and O–H groups in total. The van der Waals surface area contributed by atoms with Crippen LogP contribution >= 0.6 is 11.8 Å². The zero-order valence-electron chi connectivity index (χ0n) is 14.8. The van der Waals surface area contributed by atoms with Crippen molar-refractivity contribution in [1.82, 2.24) is 15.3 Å². The van der Waals surface area contributed by atoms with Gasteiger partial charge in [0.15, 0.2) is 5.16 Å². The van der Waals surface area contributed by atoms with Crippen LogP contribution in [0.1, 0.15) is 39.0 Å². The third-order valence-electron chi connectivity index (χ3n) is 4.46. The Labute approximate surface area is 152 Å². The smallest absolute Gasteiger partial charge is 0.233 e. The molecule has 1 aromatic heterocycles. The summed E-state index contributed by atoms with van der Waals surface area (Å²) in [4.78, 5) is 20.1. The molecule has 0 fully saturated rings. The number of carbonyl (C=O) groups excluding carboxylic acids is 1. The van der Waals surface area contributed by atoms with Gasteiger partial charge in [0.1, 0.15) is 5.75 Å². The molecule has 0 aliphatic heterocycles. The number of thioether (sulfide) groups is 1. The molecule has 25 heavy (non-hydrogen) atoms. The lowest BCUT2D eigenvalue weighted by atomic mass is 9.97. The number of carbonyl (C=O) groups is 1. The number of imidazole rings is 1. The van der Waals surface area contributed by atoms with Gasteiger partial charge in [-0.2, -0.15) is 0 Å². The first-order valence-corrected chi connectivity index (χ1v) is 9.69. The maximum atomic E-state index is 12.3. The highest BCUT2D eigenvalue weighted by Gasteiger charge is 2.16. The van der Waals surface area contributed by atoms with Gasteiger partial charge in [-0.25, -0.2) is 4.98 Å². The molecule has 0 bridgehead atoms. The number of nitrogens with zero attached hydrogens (tertiary/aromatic N) is 1. The van der Waals surface area contributed by atoms with Crippen LogP contribution in [0.2, 0.25) is 0 Å². The van der Waals surface area contributed by atoms with E-state index in [1.807, 2.05) is 25.1 Å². The lowest BCUT2D eigenvalue weighted by Gasteiger charge is -2.14. The van der Waals surface area contributed by atoms with Crippen molar-refractivity contribution in [3.63, 3.8) is 0 Å². The van der Waals surface area contributed by atoms with Crippen LogP contribution in [0.15, 0.2) is 35.0 Å². The Morgan fingerprint density at radius 1 is 1.44 bits per heavy atom. The molecule has 1 aliphatic rings. The van der Waals surface area contributed by atoms with Gasteiger partial charge in [-0.15, -0.1) is 0 Å².